The third-order valence-electron chi connectivity index (χ3n) is 2.93. The summed E-state index contributed by atoms with van der Waals surface area (Å²) in [5.74, 6) is 2.97. The van der Waals surface area contributed by atoms with Gasteiger partial charge in [0.2, 0.25) is 0 Å². The molecule has 0 fully saturated rings. The Bertz CT molecular complexity index is 555. The van der Waals surface area contributed by atoms with E-state index in [1.165, 1.54) is 10.5 Å². The topological polar surface area (TPSA) is 18.5 Å². The summed E-state index contributed by atoms with van der Waals surface area (Å²) in [4.78, 5) is 1.23. The normalized spacial score (nSPS) is 10.3. The molecule has 2 aromatic carbocycles. The molecule has 0 N–H and O–H groups in total. The first-order valence-corrected chi connectivity index (χ1v) is 7.77. The van der Waals surface area contributed by atoms with Crippen LogP contribution in [0.15, 0.2) is 47.4 Å². The van der Waals surface area contributed by atoms with Gasteiger partial charge in [0.25, 0.3) is 0 Å². The molecular weight excluding hydrogens is 292 g/mol. The van der Waals surface area contributed by atoms with Gasteiger partial charge in [0, 0.05) is 16.5 Å². The molecule has 2 rings (SSSR count). The zero-order valence-electron chi connectivity index (χ0n) is 11.6. The molecule has 0 aromatic heterocycles. The molecule has 4 heteroatoms. The fourth-order valence-corrected chi connectivity index (χ4v) is 2.83. The van der Waals surface area contributed by atoms with Crippen LogP contribution >= 0.6 is 23.4 Å². The molecule has 0 heterocycles. The molecule has 0 atom stereocenters. The van der Waals surface area contributed by atoms with Crippen molar-refractivity contribution in [3.8, 4) is 11.5 Å². The summed E-state index contributed by atoms with van der Waals surface area (Å²) < 4.78 is 10.5. The van der Waals surface area contributed by atoms with E-state index in [1.807, 2.05) is 12.1 Å². The van der Waals surface area contributed by atoms with Crippen LogP contribution in [0.25, 0.3) is 0 Å². The third-order valence-corrected chi connectivity index (χ3v) is 4.32. The smallest absolute Gasteiger partial charge is 0.161 e. The number of ether oxygens (including phenoxy) is 2. The molecule has 2 nitrogen and oxygen atoms in total. The SMILES string of the molecule is COc1ccc(CSc2ccc(CCl)cc2)cc1OC. The summed E-state index contributed by atoms with van der Waals surface area (Å²) in [5.41, 5.74) is 2.34. The van der Waals surface area contributed by atoms with Crippen molar-refractivity contribution < 1.29 is 9.47 Å². The molecule has 20 heavy (non-hydrogen) atoms. The number of halogens is 1. The molecule has 106 valence electrons. The molecule has 0 spiro atoms. The summed E-state index contributed by atoms with van der Waals surface area (Å²) in [6.07, 6.45) is 0. The van der Waals surface area contributed by atoms with Crippen molar-refractivity contribution in [1.82, 2.24) is 0 Å². The lowest BCUT2D eigenvalue weighted by Gasteiger charge is -2.09. The van der Waals surface area contributed by atoms with Gasteiger partial charge in [0.15, 0.2) is 11.5 Å². The van der Waals surface area contributed by atoms with Gasteiger partial charge in [-0.1, -0.05) is 18.2 Å². The molecule has 2 aromatic rings. The van der Waals surface area contributed by atoms with E-state index in [9.17, 15) is 0 Å². The van der Waals surface area contributed by atoms with Gasteiger partial charge >= 0.3 is 0 Å². The maximum Gasteiger partial charge on any atom is 0.161 e. The average Bonchev–Trinajstić information content (AvgIpc) is 2.53. The van der Waals surface area contributed by atoms with Crippen LogP contribution in [0.2, 0.25) is 0 Å². The van der Waals surface area contributed by atoms with Crippen LogP contribution in [-0.4, -0.2) is 14.2 Å². The molecule has 0 saturated carbocycles. The number of methoxy groups -OCH3 is 2. The van der Waals surface area contributed by atoms with Gasteiger partial charge in [-0.3, -0.25) is 0 Å². The number of hydrogen-bond donors (Lipinski definition) is 0. The van der Waals surface area contributed by atoms with E-state index in [0.29, 0.717) is 5.88 Å². The van der Waals surface area contributed by atoms with Crippen LogP contribution in [0, 0.1) is 0 Å². The number of rotatable bonds is 6. The van der Waals surface area contributed by atoms with Crippen molar-refractivity contribution in [1.29, 1.82) is 0 Å². The fraction of sp³-hybridized carbons (Fsp3) is 0.250. The second kappa shape index (κ2) is 7.46. The largest absolute Gasteiger partial charge is 0.493 e. The summed E-state index contributed by atoms with van der Waals surface area (Å²) >= 11 is 7.57. The van der Waals surface area contributed by atoms with E-state index in [2.05, 4.69) is 30.3 Å². The monoisotopic (exact) mass is 308 g/mol. The Morgan fingerprint density at radius 3 is 2.15 bits per heavy atom. The van der Waals surface area contributed by atoms with Crippen molar-refractivity contribution in [2.45, 2.75) is 16.5 Å². The Labute approximate surface area is 129 Å². The van der Waals surface area contributed by atoms with Crippen LogP contribution in [0.3, 0.4) is 0 Å². The maximum absolute atomic E-state index is 5.78. The Kier molecular flexibility index (Phi) is 5.62. The highest BCUT2D eigenvalue weighted by atomic mass is 35.5. The first-order valence-electron chi connectivity index (χ1n) is 6.25. The highest BCUT2D eigenvalue weighted by molar-refractivity contribution is 7.98. The molecule has 0 amide bonds. The Hall–Kier alpha value is -1.32. The minimum atomic E-state index is 0.556. The fourth-order valence-electron chi connectivity index (χ4n) is 1.81. The second-order valence-electron chi connectivity index (χ2n) is 4.26. The molecule has 0 bridgehead atoms. The van der Waals surface area contributed by atoms with Crippen LogP contribution in [0.5, 0.6) is 11.5 Å². The minimum Gasteiger partial charge on any atom is -0.493 e. The predicted molar refractivity (Wildman–Crippen MR) is 85.1 cm³/mol. The minimum absolute atomic E-state index is 0.556. The first-order chi connectivity index (χ1) is 9.76. The van der Waals surface area contributed by atoms with Crippen molar-refractivity contribution in [2.24, 2.45) is 0 Å². The third kappa shape index (κ3) is 3.84. The standard InChI is InChI=1S/C16H17ClO2S/c1-18-15-8-5-13(9-16(15)19-2)11-20-14-6-3-12(10-17)4-7-14/h3-9H,10-11H2,1-2H3. The number of thioether (sulfide) groups is 1. The highest BCUT2D eigenvalue weighted by Gasteiger charge is 2.05. The quantitative estimate of drug-likeness (QED) is 0.567. The van der Waals surface area contributed by atoms with Gasteiger partial charge in [0.05, 0.1) is 14.2 Å². The first kappa shape index (κ1) is 15.1. The summed E-state index contributed by atoms with van der Waals surface area (Å²) in [5, 5.41) is 0. The highest BCUT2D eigenvalue weighted by Crippen LogP contribution is 2.30. The van der Waals surface area contributed by atoms with Crippen molar-refractivity contribution in [3.05, 3.63) is 53.6 Å². The molecule has 0 saturated heterocycles. The van der Waals surface area contributed by atoms with E-state index >= 15 is 0 Å². The van der Waals surface area contributed by atoms with Crippen molar-refractivity contribution in [2.75, 3.05) is 14.2 Å². The van der Waals surface area contributed by atoms with Gasteiger partial charge in [-0.15, -0.1) is 23.4 Å². The number of benzene rings is 2. The van der Waals surface area contributed by atoms with Gasteiger partial charge < -0.3 is 9.47 Å². The lowest BCUT2D eigenvalue weighted by Crippen LogP contribution is -1.91. The molecule has 0 radical (unpaired) electrons. The van der Waals surface area contributed by atoms with E-state index in [1.54, 1.807) is 26.0 Å². The molecule has 0 unspecified atom stereocenters. The van der Waals surface area contributed by atoms with Crippen LogP contribution in [-0.2, 0) is 11.6 Å². The van der Waals surface area contributed by atoms with E-state index in [4.69, 9.17) is 21.1 Å². The van der Waals surface area contributed by atoms with Gasteiger partial charge in [-0.05, 0) is 35.4 Å². The lowest BCUT2D eigenvalue weighted by molar-refractivity contribution is 0.354. The van der Waals surface area contributed by atoms with Crippen molar-refractivity contribution >= 4 is 23.4 Å². The maximum atomic E-state index is 5.78. The Balaban J connectivity index is 2.02. The number of hydrogen-bond acceptors (Lipinski definition) is 3. The second-order valence-corrected chi connectivity index (χ2v) is 5.57. The molecule has 0 aliphatic carbocycles. The lowest BCUT2D eigenvalue weighted by atomic mass is 10.2. The Morgan fingerprint density at radius 2 is 1.55 bits per heavy atom. The average molecular weight is 309 g/mol. The van der Waals surface area contributed by atoms with E-state index in [-0.39, 0.29) is 0 Å². The number of alkyl halides is 1. The van der Waals surface area contributed by atoms with Gasteiger partial charge in [-0.25, -0.2) is 0 Å². The summed E-state index contributed by atoms with van der Waals surface area (Å²) in [6, 6.07) is 14.3. The Morgan fingerprint density at radius 1 is 0.900 bits per heavy atom. The molecule has 0 aliphatic heterocycles. The van der Waals surface area contributed by atoms with Crippen LogP contribution in [0.4, 0.5) is 0 Å². The zero-order chi connectivity index (χ0) is 14.4. The molecular formula is C16H17ClO2S. The van der Waals surface area contributed by atoms with Crippen molar-refractivity contribution in [3.63, 3.8) is 0 Å². The zero-order valence-corrected chi connectivity index (χ0v) is 13.1. The summed E-state index contributed by atoms with van der Waals surface area (Å²) in [6.45, 7) is 0. The van der Waals surface area contributed by atoms with E-state index in [0.717, 1.165) is 22.8 Å². The van der Waals surface area contributed by atoms with Gasteiger partial charge in [-0.2, -0.15) is 0 Å². The van der Waals surface area contributed by atoms with Crippen LogP contribution in [0.1, 0.15) is 11.1 Å². The summed E-state index contributed by atoms with van der Waals surface area (Å²) in [7, 11) is 3.30. The van der Waals surface area contributed by atoms with Crippen LogP contribution < -0.4 is 9.47 Å². The van der Waals surface area contributed by atoms with E-state index < -0.39 is 0 Å². The molecule has 0 aliphatic rings. The predicted octanol–water partition coefficient (Wildman–Crippen LogP) is 4.73. The van der Waals surface area contributed by atoms with Gasteiger partial charge in [0.1, 0.15) is 0 Å².